The van der Waals surface area contributed by atoms with E-state index in [1.807, 2.05) is 27.7 Å². The molecule has 5 nitrogen and oxygen atoms in total. The summed E-state index contributed by atoms with van der Waals surface area (Å²) in [6.45, 7) is 8.33. The van der Waals surface area contributed by atoms with Gasteiger partial charge < -0.3 is 15.2 Å². The molecule has 21 heavy (non-hydrogen) atoms. The zero-order valence-electron chi connectivity index (χ0n) is 13.0. The van der Waals surface area contributed by atoms with Crippen LogP contribution in [0.15, 0.2) is 18.2 Å². The number of nitrogen functional groups attached to an aromatic ring is 1. The summed E-state index contributed by atoms with van der Waals surface area (Å²) < 4.78 is 10.3. The van der Waals surface area contributed by atoms with Gasteiger partial charge in [-0.05, 0) is 30.0 Å². The number of carbonyl (C=O) groups excluding carboxylic acids is 2. The molecule has 0 radical (unpaired) electrons. The number of ether oxygens (including phenoxy) is 2. The van der Waals surface area contributed by atoms with Crippen LogP contribution in [0.5, 0.6) is 0 Å². The van der Waals surface area contributed by atoms with E-state index < -0.39 is 11.9 Å². The maximum absolute atomic E-state index is 12.1. The molecule has 0 saturated heterocycles. The Balaban J connectivity index is 2.93. The van der Waals surface area contributed by atoms with Crippen molar-refractivity contribution in [3.8, 4) is 0 Å². The van der Waals surface area contributed by atoms with Gasteiger partial charge in [0.2, 0.25) is 0 Å². The fourth-order valence-corrected chi connectivity index (χ4v) is 1.55. The number of hydrogen-bond acceptors (Lipinski definition) is 5. The van der Waals surface area contributed by atoms with Crippen molar-refractivity contribution in [1.82, 2.24) is 0 Å². The molecule has 0 aliphatic rings. The summed E-state index contributed by atoms with van der Waals surface area (Å²) in [5.41, 5.74) is 6.40. The topological polar surface area (TPSA) is 78.6 Å². The summed E-state index contributed by atoms with van der Waals surface area (Å²) in [6, 6.07) is 4.49. The van der Waals surface area contributed by atoms with Gasteiger partial charge in [-0.2, -0.15) is 0 Å². The van der Waals surface area contributed by atoms with Crippen molar-refractivity contribution in [2.45, 2.75) is 27.7 Å². The van der Waals surface area contributed by atoms with Crippen molar-refractivity contribution in [3.63, 3.8) is 0 Å². The normalized spacial score (nSPS) is 10.8. The standard InChI is InChI=1S/C16H23NO4/c1-10(2)8-20-15(18)13-6-5-12(17)7-14(13)16(19)21-9-11(3)4/h5-7,10-11H,8-9,17H2,1-4H3. The SMILES string of the molecule is CC(C)COC(=O)c1ccc(N)cc1C(=O)OCC(C)C. The van der Waals surface area contributed by atoms with Crippen molar-refractivity contribution < 1.29 is 19.1 Å². The van der Waals surface area contributed by atoms with Crippen LogP contribution in [-0.4, -0.2) is 25.2 Å². The predicted octanol–water partition coefficient (Wildman–Crippen LogP) is 2.89. The second kappa shape index (κ2) is 7.67. The maximum Gasteiger partial charge on any atom is 0.339 e. The lowest BCUT2D eigenvalue weighted by atomic mass is 10.1. The first-order chi connectivity index (χ1) is 9.81. The number of carbonyl (C=O) groups is 2. The van der Waals surface area contributed by atoms with E-state index in [9.17, 15) is 9.59 Å². The van der Waals surface area contributed by atoms with E-state index in [0.29, 0.717) is 12.3 Å². The largest absolute Gasteiger partial charge is 0.462 e. The highest BCUT2D eigenvalue weighted by Gasteiger charge is 2.20. The van der Waals surface area contributed by atoms with Gasteiger partial charge in [-0.3, -0.25) is 0 Å². The van der Waals surface area contributed by atoms with Crippen LogP contribution in [0.25, 0.3) is 0 Å². The minimum atomic E-state index is -0.563. The van der Waals surface area contributed by atoms with Crippen molar-refractivity contribution in [3.05, 3.63) is 29.3 Å². The molecule has 2 N–H and O–H groups in total. The lowest BCUT2D eigenvalue weighted by Gasteiger charge is -2.12. The maximum atomic E-state index is 12.1. The van der Waals surface area contributed by atoms with Gasteiger partial charge in [0.15, 0.2) is 0 Å². The van der Waals surface area contributed by atoms with E-state index in [2.05, 4.69) is 0 Å². The molecule has 0 heterocycles. The van der Waals surface area contributed by atoms with Crippen molar-refractivity contribution in [1.29, 1.82) is 0 Å². The molecule has 0 aliphatic heterocycles. The molecular weight excluding hydrogens is 270 g/mol. The van der Waals surface area contributed by atoms with Crippen LogP contribution in [-0.2, 0) is 9.47 Å². The lowest BCUT2D eigenvalue weighted by molar-refractivity contribution is 0.0412. The van der Waals surface area contributed by atoms with E-state index >= 15 is 0 Å². The highest BCUT2D eigenvalue weighted by molar-refractivity contribution is 6.03. The number of rotatable bonds is 6. The Morgan fingerprint density at radius 3 is 1.90 bits per heavy atom. The first kappa shape index (κ1) is 17.0. The summed E-state index contributed by atoms with van der Waals surface area (Å²) >= 11 is 0. The summed E-state index contributed by atoms with van der Waals surface area (Å²) in [5, 5.41) is 0. The average molecular weight is 293 g/mol. The molecule has 0 unspecified atom stereocenters. The summed E-state index contributed by atoms with van der Waals surface area (Å²) in [5.74, 6) is -0.668. The van der Waals surface area contributed by atoms with Crippen molar-refractivity contribution in [2.75, 3.05) is 18.9 Å². The first-order valence-electron chi connectivity index (χ1n) is 7.05. The first-order valence-corrected chi connectivity index (χ1v) is 7.05. The minimum absolute atomic E-state index is 0.143. The third-order valence-electron chi connectivity index (χ3n) is 2.58. The van der Waals surface area contributed by atoms with Crippen LogP contribution in [0, 0.1) is 11.8 Å². The van der Waals surface area contributed by atoms with Crippen LogP contribution in [0.2, 0.25) is 0 Å². The molecule has 0 spiro atoms. The van der Waals surface area contributed by atoms with Gasteiger partial charge in [0.1, 0.15) is 0 Å². The molecule has 0 bridgehead atoms. The quantitative estimate of drug-likeness (QED) is 0.644. The molecule has 116 valence electrons. The molecule has 0 aromatic heterocycles. The van der Waals surface area contributed by atoms with Crippen LogP contribution >= 0.6 is 0 Å². The van der Waals surface area contributed by atoms with Crippen LogP contribution in [0.3, 0.4) is 0 Å². The molecule has 5 heteroatoms. The van der Waals surface area contributed by atoms with Gasteiger partial charge >= 0.3 is 11.9 Å². The zero-order chi connectivity index (χ0) is 16.0. The fourth-order valence-electron chi connectivity index (χ4n) is 1.55. The van der Waals surface area contributed by atoms with Gasteiger partial charge in [0, 0.05) is 5.69 Å². The highest BCUT2D eigenvalue weighted by Crippen LogP contribution is 2.17. The molecule has 0 amide bonds. The monoisotopic (exact) mass is 293 g/mol. The zero-order valence-corrected chi connectivity index (χ0v) is 13.0. The third-order valence-corrected chi connectivity index (χ3v) is 2.58. The van der Waals surface area contributed by atoms with Crippen molar-refractivity contribution in [2.24, 2.45) is 11.8 Å². The molecule has 0 aliphatic carbocycles. The molecule has 1 aromatic carbocycles. The van der Waals surface area contributed by atoms with E-state index in [1.54, 1.807) is 6.07 Å². The van der Waals surface area contributed by atoms with Gasteiger partial charge in [-0.1, -0.05) is 27.7 Å². The van der Waals surface area contributed by atoms with Gasteiger partial charge in [0.25, 0.3) is 0 Å². The second-order valence-electron chi connectivity index (χ2n) is 5.79. The Morgan fingerprint density at radius 1 is 0.952 bits per heavy atom. The smallest absolute Gasteiger partial charge is 0.339 e. The van der Waals surface area contributed by atoms with E-state index in [0.717, 1.165) is 0 Å². The summed E-state index contributed by atoms with van der Waals surface area (Å²) in [7, 11) is 0. The molecular formula is C16H23NO4. The molecule has 1 rings (SSSR count). The molecule has 0 fully saturated rings. The van der Waals surface area contributed by atoms with Gasteiger partial charge in [0.05, 0.1) is 24.3 Å². The highest BCUT2D eigenvalue weighted by atomic mass is 16.5. The van der Waals surface area contributed by atoms with Crippen LogP contribution in [0.1, 0.15) is 48.4 Å². The third kappa shape index (κ3) is 5.45. The number of anilines is 1. The lowest BCUT2D eigenvalue weighted by Crippen LogP contribution is -2.17. The minimum Gasteiger partial charge on any atom is -0.462 e. The number of benzene rings is 1. The predicted molar refractivity (Wildman–Crippen MR) is 81.1 cm³/mol. The fraction of sp³-hybridized carbons (Fsp3) is 0.500. The van der Waals surface area contributed by atoms with E-state index in [1.165, 1.54) is 12.1 Å². The Kier molecular flexibility index (Phi) is 6.21. The molecule has 0 saturated carbocycles. The number of nitrogens with two attached hydrogens (primary N) is 1. The number of esters is 2. The van der Waals surface area contributed by atoms with Gasteiger partial charge in [-0.25, -0.2) is 9.59 Å². The second-order valence-corrected chi connectivity index (χ2v) is 5.79. The Labute approximate surface area is 125 Å². The Morgan fingerprint density at radius 2 is 1.43 bits per heavy atom. The Bertz CT molecular complexity index is 509. The number of hydrogen-bond donors (Lipinski definition) is 1. The van der Waals surface area contributed by atoms with Gasteiger partial charge in [-0.15, -0.1) is 0 Å². The van der Waals surface area contributed by atoms with E-state index in [4.69, 9.17) is 15.2 Å². The van der Waals surface area contributed by atoms with Crippen molar-refractivity contribution >= 4 is 17.6 Å². The molecule has 1 aromatic rings. The van der Waals surface area contributed by atoms with Crippen LogP contribution in [0.4, 0.5) is 5.69 Å². The molecule has 0 atom stereocenters. The van der Waals surface area contributed by atoms with Crippen LogP contribution < -0.4 is 5.73 Å². The Hall–Kier alpha value is -2.04. The summed E-state index contributed by atoms with van der Waals surface area (Å²) in [6.07, 6.45) is 0. The average Bonchev–Trinajstić information content (AvgIpc) is 2.41. The van der Waals surface area contributed by atoms with E-state index in [-0.39, 0.29) is 29.6 Å². The summed E-state index contributed by atoms with van der Waals surface area (Å²) in [4.78, 5) is 24.1.